The van der Waals surface area contributed by atoms with Gasteiger partial charge in [-0.3, -0.25) is 0 Å². The third kappa shape index (κ3) is 1.37. The van der Waals surface area contributed by atoms with E-state index in [0.717, 1.165) is 24.5 Å². The van der Waals surface area contributed by atoms with Gasteiger partial charge in [-0.15, -0.1) is 0 Å². The molecule has 2 rings (SSSR count). The summed E-state index contributed by atoms with van der Waals surface area (Å²) in [5.74, 6) is 1.85. The van der Waals surface area contributed by atoms with Crippen LogP contribution in [0.4, 0.5) is 0 Å². The molecule has 0 spiro atoms. The number of hydrogen-bond acceptors (Lipinski definition) is 3. The fourth-order valence-electron chi connectivity index (χ4n) is 1.97. The Morgan fingerprint density at radius 2 is 2.57 bits per heavy atom. The van der Waals surface area contributed by atoms with E-state index in [9.17, 15) is 5.11 Å². The van der Waals surface area contributed by atoms with Gasteiger partial charge in [-0.2, -0.15) is 11.8 Å². The van der Waals surface area contributed by atoms with Crippen LogP contribution in [0.15, 0.2) is 12.4 Å². The van der Waals surface area contributed by atoms with Crippen LogP contribution < -0.4 is 0 Å². The fourth-order valence-corrected chi connectivity index (χ4v) is 3.25. The van der Waals surface area contributed by atoms with Crippen molar-refractivity contribution in [2.24, 2.45) is 0 Å². The maximum Gasteiger partial charge on any atom is 0.141 e. The van der Waals surface area contributed by atoms with E-state index in [1.165, 1.54) is 0 Å². The minimum absolute atomic E-state index is 0.246. The van der Waals surface area contributed by atoms with Crippen molar-refractivity contribution in [3.05, 3.63) is 18.2 Å². The first-order valence-electron chi connectivity index (χ1n) is 5.04. The normalized spacial score (nSPS) is 32.4. The lowest BCUT2D eigenvalue weighted by Crippen LogP contribution is -2.34. The number of aryl methyl sites for hydroxylation is 1. The van der Waals surface area contributed by atoms with Crippen molar-refractivity contribution in [2.75, 3.05) is 5.75 Å². The molecule has 0 radical (unpaired) electrons. The Kier molecular flexibility index (Phi) is 2.58. The lowest BCUT2D eigenvalue weighted by Gasteiger charge is -2.26. The summed E-state index contributed by atoms with van der Waals surface area (Å²) in [6, 6.07) is 0. The van der Waals surface area contributed by atoms with E-state index in [4.69, 9.17) is 0 Å². The van der Waals surface area contributed by atoms with Gasteiger partial charge in [-0.1, -0.05) is 6.92 Å². The number of imidazole rings is 1. The van der Waals surface area contributed by atoms with Crippen molar-refractivity contribution >= 4 is 11.8 Å². The number of hydrogen-bond donors (Lipinski definition) is 1. The van der Waals surface area contributed by atoms with Gasteiger partial charge >= 0.3 is 0 Å². The Labute approximate surface area is 88.5 Å². The first-order chi connectivity index (χ1) is 6.68. The average molecular weight is 212 g/mol. The standard InChI is InChI=1S/C10H16N2OS/c1-3-12-6-5-11-9(12)10(13)4-7-14-8(10)2/h5-6,8,13H,3-4,7H2,1-2H3. The van der Waals surface area contributed by atoms with Gasteiger partial charge in [0.15, 0.2) is 0 Å². The van der Waals surface area contributed by atoms with Gasteiger partial charge in [0.1, 0.15) is 11.4 Å². The largest absolute Gasteiger partial charge is 0.381 e. The first kappa shape index (κ1) is 10.1. The molecule has 1 aromatic heterocycles. The molecule has 4 heteroatoms. The van der Waals surface area contributed by atoms with Crippen LogP contribution in [0.3, 0.4) is 0 Å². The quantitative estimate of drug-likeness (QED) is 0.809. The van der Waals surface area contributed by atoms with Crippen LogP contribution in [-0.4, -0.2) is 25.7 Å². The van der Waals surface area contributed by atoms with Crippen molar-refractivity contribution < 1.29 is 5.11 Å². The molecule has 0 amide bonds. The van der Waals surface area contributed by atoms with Crippen LogP contribution in [0.2, 0.25) is 0 Å². The van der Waals surface area contributed by atoms with Gasteiger partial charge in [0.2, 0.25) is 0 Å². The Bertz CT molecular complexity index is 326. The van der Waals surface area contributed by atoms with E-state index in [0.29, 0.717) is 0 Å². The zero-order chi connectivity index (χ0) is 10.2. The van der Waals surface area contributed by atoms with Gasteiger partial charge in [0.05, 0.1) is 0 Å². The van der Waals surface area contributed by atoms with Gasteiger partial charge in [0, 0.05) is 24.2 Å². The molecule has 1 aromatic rings. The summed E-state index contributed by atoms with van der Waals surface area (Å²) < 4.78 is 2.03. The van der Waals surface area contributed by atoms with Crippen LogP contribution >= 0.6 is 11.8 Å². The maximum absolute atomic E-state index is 10.5. The molecule has 0 aliphatic carbocycles. The summed E-state index contributed by atoms with van der Waals surface area (Å²) in [5, 5.41) is 10.8. The third-order valence-electron chi connectivity index (χ3n) is 2.97. The van der Waals surface area contributed by atoms with E-state index in [2.05, 4.69) is 18.8 Å². The van der Waals surface area contributed by atoms with Crippen molar-refractivity contribution in [3.8, 4) is 0 Å². The van der Waals surface area contributed by atoms with Crippen LogP contribution in [0.5, 0.6) is 0 Å². The summed E-state index contributed by atoms with van der Waals surface area (Å²) >= 11 is 1.82. The topological polar surface area (TPSA) is 38.0 Å². The molecule has 1 saturated heterocycles. The molecule has 1 N–H and O–H groups in total. The molecule has 1 aliphatic rings. The van der Waals surface area contributed by atoms with Crippen LogP contribution in [0.25, 0.3) is 0 Å². The maximum atomic E-state index is 10.5. The zero-order valence-corrected chi connectivity index (χ0v) is 9.42. The summed E-state index contributed by atoms with van der Waals surface area (Å²) in [6.45, 7) is 5.02. The molecule has 3 nitrogen and oxygen atoms in total. The Balaban J connectivity index is 2.37. The van der Waals surface area contributed by atoms with Crippen LogP contribution in [0, 0.1) is 0 Å². The minimum atomic E-state index is -0.718. The molecule has 14 heavy (non-hydrogen) atoms. The van der Waals surface area contributed by atoms with E-state index < -0.39 is 5.60 Å². The smallest absolute Gasteiger partial charge is 0.141 e. The Morgan fingerprint density at radius 3 is 3.14 bits per heavy atom. The van der Waals surface area contributed by atoms with Crippen molar-refractivity contribution in [3.63, 3.8) is 0 Å². The number of nitrogens with zero attached hydrogens (tertiary/aromatic N) is 2. The van der Waals surface area contributed by atoms with Gasteiger partial charge < -0.3 is 9.67 Å². The molecular formula is C10H16N2OS. The highest BCUT2D eigenvalue weighted by atomic mass is 32.2. The predicted octanol–water partition coefficient (Wildman–Crippen LogP) is 1.62. The number of rotatable bonds is 2. The van der Waals surface area contributed by atoms with Crippen molar-refractivity contribution in [2.45, 2.75) is 37.7 Å². The number of thioether (sulfide) groups is 1. The van der Waals surface area contributed by atoms with Crippen molar-refractivity contribution in [1.29, 1.82) is 0 Å². The van der Waals surface area contributed by atoms with Gasteiger partial charge in [-0.05, 0) is 19.1 Å². The molecule has 1 aliphatic heterocycles. The monoisotopic (exact) mass is 212 g/mol. The van der Waals surface area contributed by atoms with E-state index in [1.54, 1.807) is 6.20 Å². The van der Waals surface area contributed by atoms with Gasteiger partial charge in [-0.25, -0.2) is 4.98 Å². The average Bonchev–Trinajstić information content (AvgIpc) is 2.75. The molecule has 2 unspecified atom stereocenters. The summed E-state index contributed by atoms with van der Waals surface area (Å²) in [6.07, 6.45) is 4.52. The summed E-state index contributed by atoms with van der Waals surface area (Å²) in [4.78, 5) is 4.29. The molecule has 0 aromatic carbocycles. The Hall–Kier alpha value is -0.480. The highest BCUT2D eigenvalue weighted by molar-refractivity contribution is 8.00. The van der Waals surface area contributed by atoms with Gasteiger partial charge in [0.25, 0.3) is 0 Å². The van der Waals surface area contributed by atoms with E-state index in [1.807, 2.05) is 22.5 Å². The molecule has 2 heterocycles. The van der Waals surface area contributed by atoms with E-state index >= 15 is 0 Å². The zero-order valence-electron chi connectivity index (χ0n) is 8.60. The first-order valence-corrected chi connectivity index (χ1v) is 6.09. The highest BCUT2D eigenvalue weighted by Crippen LogP contribution is 2.42. The molecule has 1 fully saturated rings. The third-order valence-corrected chi connectivity index (χ3v) is 4.30. The summed E-state index contributed by atoms with van der Waals surface area (Å²) in [5.41, 5.74) is -0.718. The van der Waals surface area contributed by atoms with E-state index in [-0.39, 0.29) is 5.25 Å². The SMILES string of the molecule is CCn1ccnc1C1(O)CCSC1C. The molecule has 0 bridgehead atoms. The second kappa shape index (κ2) is 3.59. The number of aromatic nitrogens is 2. The predicted molar refractivity (Wildman–Crippen MR) is 58.3 cm³/mol. The molecular weight excluding hydrogens is 196 g/mol. The highest BCUT2D eigenvalue weighted by Gasteiger charge is 2.43. The molecule has 2 atom stereocenters. The second-order valence-corrected chi connectivity index (χ2v) is 5.17. The van der Waals surface area contributed by atoms with Crippen LogP contribution in [-0.2, 0) is 12.1 Å². The number of aliphatic hydroxyl groups is 1. The lowest BCUT2D eigenvalue weighted by molar-refractivity contribution is 0.0300. The second-order valence-electron chi connectivity index (χ2n) is 3.72. The fraction of sp³-hybridized carbons (Fsp3) is 0.700. The minimum Gasteiger partial charge on any atom is -0.381 e. The van der Waals surface area contributed by atoms with Crippen molar-refractivity contribution in [1.82, 2.24) is 9.55 Å². The van der Waals surface area contributed by atoms with Crippen LogP contribution in [0.1, 0.15) is 26.1 Å². The lowest BCUT2D eigenvalue weighted by atomic mass is 9.96. The molecule has 0 saturated carbocycles. The molecule has 78 valence electrons. The summed E-state index contributed by atoms with van der Waals surface area (Å²) in [7, 11) is 0. The Morgan fingerprint density at radius 1 is 1.79 bits per heavy atom.